The van der Waals surface area contributed by atoms with Crippen LogP contribution in [0.2, 0.25) is 0 Å². The Balaban J connectivity index is 1.51. The van der Waals surface area contributed by atoms with Gasteiger partial charge in [-0.3, -0.25) is 9.59 Å². The van der Waals surface area contributed by atoms with Gasteiger partial charge in [-0.15, -0.1) is 11.3 Å². The van der Waals surface area contributed by atoms with Gasteiger partial charge in [0, 0.05) is 6.20 Å². The Morgan fingerprint density at radius 2 is 1.53 bits per heavy atom. The molecule has 2 amide bonds. The van der Waals surface area contributed by atoms with E-state index in [0.29, 0.717) is 10.8 Å². The van der Waals surface area contributed by atoms with Gasteiger partial charge in [0.15, 0.2) is 0 Å². The molecule has 30 heavy (non-hydrogen) atoms. The molecule has 0 radical (unpaired) electrons. The fourth-order valence-electron chi connectivity index (χ4n) is 3.21. The monoisotopic (exact) mass is 415 g/mol. The molecule has 0 N–H and O–H groups in total. The van der Waals surface area contributed by atoms with Gasteiger partial charge in [0.05, 0.1) is 21.7 Å². The summed E-state index contributed by atoms with van der Waals surface area (Å²) in [5, 5.41) is 6.91. The summed E-state index contributed by atoms with van der Waals surface area (Å²) in [6.07, 6.45) is 1.53. The number of benzene rings is 2. The number of para-hydroxylation sites is 1. The average Bonchev–Trinajstić information content (AvgIpc) is 3.51. The molecule has 0 saturated heterocycles. The maximum atomic E-state index is 13.0. The highest BCUT2D eigenvalue weighted by Crippen LogP contribution is 2.29. The van der Waals surface area contributed by atoms with Crippen molar-refractivity contribution in [2.45, 2.75) is 0 Å². The Labute approximate surface area is 174 Å². The summed E-state index contributed by atoms with van der Waals surface area (Å²) in [6, 6.07) is 19.3. The van der Waals surface area contributed by atoms with E-state index in [1.165, 1.54) is 29.7 Å². The Hall–Kier alpha value is -4.04. The van der Waals surface area contributed by atoms with Crippen LogP contribution in [0.5, 0.6) is 0 Å². The van der Waals surface area contributed by atoms with E-state index in [2.05, 4.69) is 5.10 Å². The first-order valence-electron chi connectivity index (χ1n) is 9.02. The van der Waals surface area contributed by atoms with E-state index in [-0.39, 0.29) is 16.7 Å². The fraction of sp³-hybridized carbons (Fsp3) is 0. The van der Waals surface area contributed by atoms with Crippen molar-refractivity contribution in [3.05, 3.63) is 95.0 Å². The van der Waals surface area contributed by atoms with Gasteiger partial charge in [-0.1, -0.05) is 41.5 Å². The summed E-state index contributed by atoms with van der Waals surface area (Å²) in [5.41, 5.74) is 1.73. The molecule has 1 aliphatic rings. The van der Waals surface area contributed by atoms with Crippen LogP contribution in [0, 0.1) is 0 Å². The normalized spacial score (nSPS) is 12.9. The Morgan fingerprint density at radius 1 is 0.867 bits per heavy atom. The second-order valence-corrected chi connectivity index (χ2v) is 7.43. The summed E-state index contributed by atoms with van der Waals surface area (Å²) < 4.78 is 1.56. The number of nitrogens with zero attached hydrogens (tertiary/aromatic N) is 3. The van der Waals surface area contributed by atoms with Crippen molar-refractivity contribution in [2.75, 3.05) is 0 Å². The van der Waals surface area contributed by atoms with Crippen LogP contribution >= 0.6 is 11.3 Å². The van der Waals surface area contributed by atoms with Crippen LogP contribution in [0.15, 0.2) is 78.3 Å². The van der Waals surface area contributed by atoms with Crippen LogP contribution in [-0.2, 0) is 4.84 Å². The van der Waals surface area contributed by atoms with Gasteiger partial charge in [0.2, 0.25) is 0 Å². The molecule has 0 unspecified atom stereocenters. The molecule has 3 heterocycles. The smallest absolute Gasteiger partial charge is 0.324 e. The number of hydroxylamine groups is 2. The summed E-state index contributed by atoms with van der Waals surface area (Å²) in [4.78, 5) is 44.0. The van der Waals surface area contributed by atoms with E-state index in [1.807, 2.05) is 47.8 Å². The number of amides is 2. The lowest BCUT2D eigenvalue weighted by atomic mass is 10.1. The van der Waals surface area contributed by atoms with E-state index in [0.717, 1.165) is 10.6 Å². The third kappa shape index (κ3) is 2.90. The van der Waals surface area contributed by atoms with Crippen LogP contribution in [0.1, 0.15) is 31.1 Å². The molecule has 0 bridgehead atoms. The first-order valence-corrected chi connectivity index (χ1v) is 9.90. The third-order valence-corrected chi connectivity index (χ3v) is 5.52. The molecular formula is C22H13N3O4S. The van der Waals surface area contributed by atoms with Crippen molar-refractivity contribution >= 4 is 29.1 Å². The Morgan fingerprint density at radius 3 is 2.17 bits per heavy atom. The van der Waals surface area contributed by atoms with Crippen molar-refractivity contribution in [2.24, 2.45) is 0 Å². The van der Waals surface area contributed by atoms with Crippen LogP contribution in [-0.4, -0.2) is 32.6 Å². The van der Waals surface area contributed by atoms with E-state index in [1.54, 1.807) is 16.8 Å². The molecule has 0 aliphatic carbocycles. The highest BCUT2D eigenvalue weighted by Gasteiger charge is 2.39. The largest absolute Gasteiger partial charge is 0.367 e. The molecule has 8 heteroatoms. The molecule has 5 rings (SSSR count). The van der Waals surface area contributed by atoms with Gasteiger partial charge >= 0.3 is 5.97 Å². The molecule has 0 atom stereocenters. The molecule has 1 aliphatic heterocycles. The number of hydrogen-bond donors (Lipinski definition) is 0. The Kier molecular flexibility index (Phi) is 4.26. The summed E-state index contributed by atoms with van der Waals surface area (Å²) in [7, 11) is 0. The van der Waals surface area contributed by atoms with Crippen LogP contribution < -0.4 is 0 Å². The number of fused-ring (bicyclic) bond motifs is 1. The van der Waals surface area contributed by atoms with Gasteiger partial charge in [-0.2, -0.15) is 5.10 Å². The van der Waals surface area contributed by atoms with Crippen molar-refractivity contribution in [1.29, 1.82) is 0 Å². The second kappa shape index (κ2) is 7.09. The molecule has 7 nitrogen and oxygen atoms in total. The zero-order valence-corrected chi connectivity index (χ0v) is 16.2. The minimum absolute atomic E-state index is 0.151. The summed E-state index contributed by atoms with van der Waals surface area (Å²) in [6.45, 7) is 0. The number of imide groups is 1. The second-order valence-electron chi connectivity index (χ2n) is 6.48. The van der Waals surface area contributed by atoms with Crippen LogP contribution in [0.3, 0.4) is 0 Å². The van der Waals surface area contributed by atoms with Gasteiger partial charge in [0.25, 0.3) is 11.8 Å². The third-order valence-electron chi connectivity index (χ3n) is 4.64. The summed E-state index contributed by atoms with van der Waals surface area (Å²) >= 11 is 1.42. The predicted molar refractivity (Wildman–Crippen MR) is 109 cm³/mol. The highest BCUT2D eigenvalue weighted by molar-refractivity contribution is 7.13. The predicted octanol–water partition coefficient (Wildman–Crippen LogP) is 3.97. The van der Waals surface area contributed by atoms with Gasteiger partial charge in [0.1, 0.15) is 11.3 Å². The van der Waals surface area contributed by atoms with Gasteiger partial charge in [-0.25, -0.2) is 9.48 Å². The van der Waals surface area contributed by atoms with E-state index >= 15 is 0 Å². The first-order chi connectivity index (χ1) is 14.6. The lowest BCUT2D eigenvalue weighted by Crippen LogP contribution is -2.32. The zero-order chi connectivity index (χ0) is 20.7. The number of thiophene rings is 1. The lowest BCUT2D eigenvalue weighted by Gasteiger charge is -2.12. The van der Waals surface area contributed by atoms with Gasteiger partial charge in [-0.05, 0) is 35.7 Å². The summed E-state index contributed by atoms with van der Waals surface area (Å²) in [5.74, 6) is -2.18. The zero-order valence-electron chi connectivity index (χ0n) is 15.4. The maximum absolute atomic E-state index is 13.0. The van der Waals surface area contributed by atoms with Crippen molar-refractivity contribution in [1.82, 2.24) is 14.8 Å². The SMILES string of the molecule is O=C(ON1C(=O)c2ccccc2C1=O)c1cn(-c2ccccc2)nc1-c1cccs1. The topological polar surface area (TPSA) is 81.5 Å². The van der Waals surface area contributed by atoms with E-state index in [4.69, 9.17) is 4.84 Å². The van der Waals surface area contributed by atoms with Crippen LogP contribution in [0.4, 0.5) is 0 Å². The van der Waals surface area contributed by atoms with Crippen molar-refractivity contribution in [3.63, 3.8) is 0 Å². The minimum Gasteiger partial charge on any atom is -0.324 e. The van der Waals surface area contributed by atoms with Crippen molar-refractivity contribution < 1.29 is 19.2 Å². The quantitative estimate of drug-likeness (QED) is 0.471. The first kappa shape index (κ1) is 18.0. The number of rotatable bonds is 4. The standard InChI is InChI=1S/C22H13N3O4S/c26-20-15-9-4-5-10-16(15)21(27)25(20)29-22(28)17-13-24(14-7-2-1-3-8-14)23-19(17)18-11-6-12-30-18/h1-13H. The van der Waals surface area contributed by atoms with Crippen molar-refractivity contribution in [3.8, 4) is 16.3 Å². The molecule has 146 valence electrons. The molecule has 2 aromatic carbocycles. The highest BCUT2D eigenvalue weighted by atomic mass is 32.1. The number of carbonyl (C=O) groups is 3. The van der Waals surface area contributed by atoms with Crippen LogP contribution in [0.25, 0.3) is 16.3 Å². The van der Waals surface area contributed by atoms with E-state index < -0.39 is 17.8 Å². The number of aromatic nitrogens is 2. The molecule has 2 aromatic heterocycles. The number of carbonyl (C=O) groups excluding carboxylic acids is 3. The average molecular weight is 415 g/mol. The number of hydrogen-bond acceptors (Lipinski definition) is 6. The Bertz CT molecular complexity index is 1240. The maximum Gasteiger partial charge on any atom is 0.367 e. The molecule has 0 saturated carbocycles. The lowest BCUT2D eigenvalue weighted by molar-refractivity contribution is -0.0584. The molecule has 0 fully saturated rings. The minimum atomic E-state index is -0.838. The van der Waals surface area contributed by atoms with E-state index in [9.17, 15) is 14.4 Å². The van der Waals surface area contributed by atoms with Gasteiger partial charge < -0.3 is 4.84 Å². The molecule has 0 spiro atoms. The molecule has 4 aromatic rings. The molecular weight excluding hydrogens is 402 g/mol. The fourth-order valence-corrected chi connectivity index (χ4v) is 3.94.